The first-order valence-corrected chi connectivity index (χ1v) is 9.17. The summed E-state index contributed by atoms with van der Waals surface area (Å²) in [5.41, 5.74) is 6.01. The van der Waals surface area contributed by atoms with Crippen molar-refractivity contribution in [1.29, 1.82) is 0 Å². The van der Waals surface area contributed by atoms with E-state index in [1.807, 2.05) is 0 Å². The van der Waals surface area contributed by atoms with Gasteiger partial charge in [0, 0.05) is 42.8 Å². The molecule has 25 heavy (non-hydrogen) atoms. The lowest BCUT2D eigenvalue weighted by molar-refractivity contribution is 0.313. The van der Waals surface area contributed by atoms with Crippen LogP contribution in [0.1, 0.15) is 12.5 Å². The summed E-state index contributed by atoms with van der Waals surface area (Å²) in [6.07, 6.45) is 1.07. The number of hydrogen-bond donors (Lipinski definition) is 0. The van der Waals surface area contributed by atoms with Gasteiger partial charge >= 0.3 is 0 Å². The van der Waals surface area contributed by atoms with E-state index in [-0.39, 0.29) is 0 Å². The molecule has 4 rings (SSSR count). The van der Waals surface area contributed by atoms with Crippen LogP contribution in [-0.2, 0) is 6.42 Å². The highest BCUT2D eigenvalue weighted by Crippen LogP contribution is 2.31. The molecule has 0 bridgehead atoms. The molecule has 1 fully saturated rings. The van der Waals surface area contributed by atoms with Crippen LogP contribution in [0.15, 0.2) is 54.6 Å². The van der Waals surface area contributed by atoms with Crippen molar-refractivity contribution in [2.75, 3.05) is 38.1 Å². The summed E-state index contributed by atoms with van der Waals surface area (Å²) in [6.45, 7) is 6.54. The molecule has 0 amide bonds. The molecular weight excluding hydrogens is 306 g/mol. The Morgan fingerprint density at radius 1 is 0.920 bits per heavy atom. The van der Waals surface area contributed by atoms with Crippen molar-refractivity contribution in [3.05, 3.63) is 60.2 Å². The van der Waals surface area contributed by atoms with Gasteiger partial charge in [0.05, 0.1) is 11.2 Å². The topological polar surface area (TPSA) is 19.4 Å². The van der Waals surface area contributed by atoms with Crippen LogP contribution in [0.5, 0.6) is 0 Å². The Labute approximate surface area is 149 Å². The second kappa shape index (κ2) is 6.85. The van der Waals surface area contributed by atoms with E-state index in [2.05, 4.69) is 78.4 Å². The van der Waals surface area contributed by atoms with Crippen molar-refractivity contribution < 1.29 is 0 Å². The number of anilines is 1. The van der Waals surface area contributed by atoms with Crippen molar-refractivity contribution >= 4 is 16.6 Å². The van der Waals surface area contributed by atoms with Crippen LogP contribution in [0.25, 0.3) is 22.2 Å². The normalized spacial score (nSPS) is 15.7. The second-order valence-corrected chi connectivity index (χ2v) is 6.88. The van der Waals surface area contributed by atoms with E-state index in [1.165, 1.54) is 22.2 Å². The van der Waals surface area contributed by atoms with Crippen LogP contribution in [0.2, 0.25) is 0 Å². The number of likely N-dealkylation sites (N-methyl/N-ethyl adjacent to an activating group) is 1. The Hall–Kier alpha value is -2.39. The predicted molar refractivity (Wildman–Crippen MR) is 106 cm³/mol. The van der Waals surface area contributed by atoms with Crippen molar-refractivity contribution in [3.63, 3.8) is 0 Å². The number of para-hydroxylation sites is 1. The summed E-state index contributed by atoms with van der Waals surface area (Å²) < 4.78 is 0. The van der Waals surface area contributed by atoms with Gasteiger partial charge < -0.3 is 9.80 Å². The Morgan fingerprint density at radius 3 is 2.36 bits per heavy atom. The van der Waals surface area contributed by atoms with Crippen LogP contribution in [-0.4, -0.2) is 43.1 Å². The Bertz CT molecular complexity index is 862. The molecule has 3 nitrogen and oxygen atoms in total. The number of aryl methyl sites for hydroxylation is 1. The van der Waals surface area contributed by atoms with Crippen LogP contribution >= 0.6 is 0 Å². The molecule has 1 saturated heterocycles. The molecule has 0 unspecified atom stereocenters. The van der Waals surface area contributed by atoms with E-state index in [9.17, 15) is 0 Å². The number of piperazine rings is 1. The fourth-order valence-electron chi connectivity index (χ4n) is 3.53. The van der Waals surface area contributed by atoms with Crippen molar-refractivity contribution in [2.45, 2.75) is 13.3 Å². The Balaban J connectivity index is 1.80. The number of nitrogens with zero attached hydrogens (tertiary/aromatic N) is 3. The molecule has 1 aromatic heterocycles. The maximum Gasteiger partial charge on any atom is 0.0730 e. The summed E-state index contributed by atoms with van der Waals surface area (Å²) in [5, 5.41) is 1.25. The van der Waals surface area contributed by atoms with Crippen LogP contribution in [0.4, 0.5) is 5.69 Å². The van der Waals surface area contributed by atoms with Gasteiger partial charge in [-0.2, -0.15) is 0 Å². The number of benzene rings is 2. The summed E-state index contributed by atoms with van der Waals surface area (Å²) in [5.74, 6) is 0. The lowest BCUT2D eigenvalue weighted by Crippen LogP contribution is -2.44. The van der Waals surface area contributed by atoms with Gasteiger partial charge in [0.25, 0.3) is 0 Å². The molecule has 0 atom stereocenters. The largest absolute Gasteiger partial charge is 0.368 e. The molecular formula is C22H25N3. The van der Waals surface area contributed by atoms with Gasteiger partial charge in [0.1, 0.15) is 0 Å². The maximum absolute atomic E-state index is 4.93. The minimum Gasteiger partial charge on any atom is -0.368 e. The number of hydrogen-bond acceptors (Lipinski definition) is 3. The molecule has 0 radical (unpaired) electrons. The fraction of sp³-hybridized carbons (Fsp3) is 0.318. The number of rotatable bonds is 3. The maximum atomic E-state index is 4.93. The van der Waals surface area contributed by atoms with E-state index in [4.69, 9.17) is 4.98 Å². The van der Waals surface area contributed by atoms with E-state index in [0.29, 0.717) is 0 Å². The number of fused-ring (bicyclic) bond motifs is 1. The molecule has 1 aliphatic rings. The molecule has 3 aromatic rings. The molecule has 0 saturated carbocycles. The quantitative estimate of drug-likeness (QED) is 0.716. The molecule has 3 heteroatoms. The van der Waals surface area contributed by atoms with Crippen LogP contribution in [0, 0.1) is 0 Å². The number of pyridine rings is 1. The van der Waals surface area contributed by atoms with Gasteiger partial charge in [-0.1, -0.05) is 49.4 Å². The van der Waals surface area contributed by atoms with E-state index < -0.39 is 0 Å². The first kappa shape index (κ1) is 16.1. The Morgan fingerprint density at radius 2 is 1.64 bits per heavy atom. The van der Waals surface area contributed by atoms with Crippen molar-refractivity contribution in [3.8, 4) is 11.3 Å². The zero-order chi connectivity index (χ0) is 17.2. The first-order valence-electron chi connectivity index (χ1n) is 9.17. The monoisotopic (exact) mass is 331 g/mol. The highest BCUT2D eigenvalue weighted by Gasteiger charge is 2.18. The fourth-order valence-corrected chi connectivity index (χ4v) is 3.53. The molecule has 2 aromatic carbocycles. The average molecular weight is 331 g/mol. The Kier molecular flexibility index (Phi) is 4.41. The lowest BCUT2D eigenvalue weighted by Gasteiger charge is -2.34. The third kappa shape index (κ3) is 3.24. The smallest absolute Gasteiger partial charge is 0.0730 e. The van der Waals surface area contributed by atoms with Gasteiger partial charge in [-0.05, 0) is 31.2 Å². The third-order valence-corrected chi connectivity index (χ3v) is 5.20. The minimum absolute atomic E-state index is 1.07. The zero-order valence-electron chi connectivity index (χ0n) is 15.1. The first-order chi connectivity index (χ1) is 12.2. The zero-order valence-corrected chi connectivity index (χ0v) is 15.1. The van der Waals surface area contributed by atoms with Crippen molar-refractivity contribution in [2.24, 2.45) is 0 Å². The van der Waals surface area contributed by atoms with Gasteiger partial charge in [-0.3, -0.25) is 0 Å². The molecule has 0 N–H and O–H groups in total. The van der Waals surface area contributed by atoms with E-state index in [1.54, 1.807) is 0 Å². The second-order valence-electron chi connectivity index (χ2n) is 6.88. The molecule has 128 valence electrons. The predicted octanol–water partition coefficient (Wildman–Crippen LogP) is 4.22. The van der Waals surface area contributed by atoms with Crippen LogP contribution < -0.4 is 4.90 Å². The van der Waals surface area contributed by atoms with Gasteiger partial charge in [-0.25, -0.2) is 4.98 Å². The third-order valence-electron chi connectivity index (χ3n) is 5.20. The highest BCUT2D eigenvalue weighted by molar-refractivity contribution is 5.94. The lowest BCUT2D eigenvalue weighted by atomic mass is 10.0. The molecule has 0 aliphatic carbocycles. The summed E-state index contributed by atoms with van der Waals surface area (Å²) in [4.78, 5) is 9.84. The molecule has 1 aliphatic heterocycles. The van der Waals surface area contributed by atoms with Gasteiger partial charge in [0.2, 0.25) is 0 Å². The van der Waals surface area contributed by atoms with Gasteiger partial charge in [-0.15, -0.1) is 0 Å². The van der Waals surface area contributed by atoms with Gasteiger partial charge in [0.15, 0.2) is 0 Å². The average Bonchev–Trinajstić information content (AvgIpc) is 2.68. The highest BCUT2D eigenvalue weighted by atomic mass is 15.2. The summed E-state index contributed by atoms with van der Waals surface area (Å²) in [6, 6.07) is 19.6. The molecule has 0 spiro atoms. The summed E-state index contributed by atoms with van der Waals surface area (Å²) >= 11 is 0. The standard InChI is InChI=1S/C22H25N3/c1-3-17-8-10-18(11-9-17)21-16-22(25-14-12-24(2)13-15-25)19-6-4-5-7-20(19)23-21/h4-11,16H,3,12-15H2,1-2H3. The number of aromatic nitrogens is 1. The van der Waals surface area contributed by atoms with Crippen molar-refractivity contribution in [1.82, 2.24) is 9.88 Å². The minimum atomic E-state index is 1.07. The molecule has 2 heterocycles. The SMILES string of the molecule is CCc1ccc(-c2cc(N3CCN(C)CC3)c3ccccc3n2)cc1. The van der Waals surface area contributed by atoms with E-state index >= 15 is 0 Å². The van der Waals surface area contributed by atoms with E-state index in [0.717, 1.165) is 43.8 Å². The summed E-state index contributed by atoms with van der Waals surface area (Å²) in [7, 11) is 2.20. The van der Waals surface area contributed by atoms with Crippen LogP contribution in [0.3, 0.4) is 0 Å².